The van der Waals surface area contributed by atoms with Crippen molar-refractivity contribution in [2.75, 3.05) is 13.6 Å². The van der Waals surface area contributed by atoms with Crippen molar-refractivity contribution in [3.05, 3.63) is 39.4 Å². The van der Waals surface area contributed by atoms with Crippen molar-refractivity contribution in [2.45, 2.75) is 6.54 Å². The first-order chi connectivity index (χ1) is 7.74. The van der Waals surface area contributed by atoms with Crippen molar-refractivity contribution in [3.63, 3.8) is 0 Å². The summed E-state index contributed by atoms with van der Waals surface area (Å²) in [5.41, 5.74) is 0.716. The van der Waals surface area contributed by atoms with Crippen LogP contribution in [0.3, 0.4) is 0 Å². The topological polar surface area (TPSA) is 46.9 Å². The molecule has 1 heterocycles. The lowest BCUT2D eigenvalue weighted by Crippen LogP contribution is -2.25. The van der Waals surface area contributed by atoms with Gasteiger partial charge >= 0.3 is 0 Å². The van der Waals surface area contributed by atoms with Crippen LogP contribution >= 0.6 is 15.9 Å². The number of nitrogens with zero attached hydrogens (tertiary/aromatic N) is 2. The first kappa shape index (κ1) is 11.3. The van der Waals surface area contributed by atoms with Gasteiger partial charge in [-0.1, -0.05) is 6.07 Å². The van der Waals surface area contributed by atoms with Gasteiger partial charge in [0.05, 0.1) is 17.2 Å². The van der Waals surface area contributed by atoms with Crippen molar-refractivity contribution < 1.29 is 0 Å². The number of likely N-dealkylation sites (N-methyl/N-ethyl adjacent to an activating group) is 1. The highest BCUT2D eigenvalue weighted by molar-refractivity contribution is 9.10. The predicted molar refractivity (Wildman–Crippen MR) is 67.6 cm³/mol. The van der Waals surface area contributed by atoms with Crippen molar-refractivity contribution in [2.24, 2.45) is 0 Å². The first-order valence-corrected chi connectivity index (χ1v) is 5.81. The molecule has 2 aromatic rings. The van der Waals surface area contributed by atoms with Gasteiger partial charge in [0.2, 0.25) is 0 Å². The number of rotatable bonds is 3. The lowest BCUT2D eigenvalue weighted by atomic mass is 10.2. The molecule has 2 rings (SSSR count). The van der Waals surface area contributed by atoms with Gasteiger partial charge in [-0.3, -0.25) is 9.36 Å². The van der Waals surface area contributed by atoms with Gasteiger partial charge in [0.1, 0.15) is 0 Å². The van der Waals surface area contributed by atoms with Crippen LogP contribution in [-0.2, 0) is 6.54 Å². The molecule has 0 aliphatic rings. The minimum atomic E-state index is -0.00674. The average Bonchev–Trinajstić information content (AvgIpc) is 2.28. The Balaban J connectivity index is 2.60. The van der Waals surface area contributed by atoms with E-state index in [0.29, 0.717) is 11.9 Å². The Bertz CT molecular complexity index is 565. The van der Waals surface area contributed by atoms with E-state index < -0.39 is 0 Å². The van der Waals surface area contributed by atoms with E-state index in [1.54, 1.807) is 10.9 Å². The molecule has 0 aliphatic heterocycles. The van der Waals surface area contributed by atoms with Gasteiger partial charge in [0.15, 0.2) is 0 Å². The Labute approximate surface area is 101 Å². The summed E-state index contributed by atoms with van der Waals surface area (Å²) in [5.74, 6) is 0. The van der Waals surface area contributed by atoms with E-state index in [9.17, 15) is 4.79 Å². The van der Waals surface area contributed by atoms with E-state index in [1.807, 2.05) is 25.2 Å². The van der Waals surface area contributed by atoms with Crippen LogP contribution in [-0.4, -0.2) is 23.1 Å². The number of halogens is 1. The minimum Gasteiger partial charge on any atom is -0.318 e. The molecule has 1 aromatic heterocycles. The first-order valence-electron chi connectivity index (χ1n) is 5.02. The fourth-order valence-electron chi connectivity index (χ4n) is 1.55. The average molecular weight is 282 g/mol. The second kappa shape index (κ2) is 4.76. The van der Waals surface area contributed by atoms with Crippen molar-refractivity contribution in [1.29, 1.82) is 0 Å². The van der Waals surface area contributed by atoms with Crippen molar-refractivity contribution in [3.8, 4) is 0 Å². The number of benzene rings is 1. The number of fused-ring (bicyclic) bond motifs is 1. The molecule has 0 aliphatic carbocycles. The quantitative estimate of drug-likeness (QED) is 0.925. The third kappa shape index (κ3) is 2.01. The molecule has 1 aromatic carbocycles. The number of hydrogen-bond acceptors (Lipinski definition) is 3. The maximum atomic E-state index is 12.1. The fourth-order valence-corrected chi connectivity index (χ4v) is 2.08. The van der Waals surface area contributed by atoms with Gasteiger partial charge in [-0.2, -0.15) is 0 Å². The molecule has 0 bridgehead atoms. The molecule has 0 spiro atoms. The second-order valence-corrected chi connectivity index (χ2v) is 4.33. The van der Waals surface area contributed by atoms with E-state index in [0.717, 1.165) is 16.5 Å². The lowest BCUT2D eigenvalue weighted by Gasteiger charge is -2.06. The Kier molecular flexibility index (Phi) is 3.36. The van der Waals surface area contributed by atoms with E-state index in [2.05, 4.69) is 26.2 Å². The summed E-state index contributed by atoms with van der Waals surface area (Å²) in [6, 6.07) is 5.56. The Morgan fingerprint density at radius 3 is 3.06 bits per heavy atom. The van der Waals surface area contributed by atoms with Crippen LogP contribution in [0.1, 0.15) is 0 Å². The molecule has 0 amide bonds. The summed E-state index contributed by atoms with van der Waals surface area (Å²) >= 11 is 3.38. The molecule has 16 heavy (non-hydrogen) atoms. The molecule has 0 saturated heterocycles. The summed E-state index contributed by atoms with van der Waals surface area (Å²) in [6.07, 6.45) is 1.59. The van der Waals surface area contributed by atoms with Crippen LogP contribution in [0.25, 0.3) is 10.9 Å². The molecular weight excluding hydrogens is 270 g/mol. The molecule has 0 radical (unpaired) electrons. The third-order valence-corrected chi connectivity index (χ3v) is 3.07. The maximum absolute atomic E-state index is 12.1. The second-order valence-electron chi connectivity index (χ2n) is 3.48. The largest absolute Gasteiger partial charge is 0.318 e. The summed E-state index contributed by atoms with van der Waals surface area (Å²) in [6.45, 7) is 1.37. The zero-order chi connectivity index (χ0) is 11.5. The van der Waals surface area contributed by atoms with Crippen molar-refractivity contribution >= 4 is 26.8 Å². The van der Waals surface area contributed by atoms with Gasteiger partial charge in [-0.25, -0.2) is 4.98 Å². The van der Waals surface area contributed by atoms with Crippen molar-refractivity contribution in [1.82, 2.24) is 14.9 Å². The summed E-state index contributed by atoms with van der Waals surface area (Å²) < 4.78 is 2.41. The highest BCUT2D eigenvalue weighted by Gasteiger charge is 2.06. The van der Waals surface area contributed by atoms with Gasteiger partial charge in [0, 0.05) is 17.6 Å². The van der Waals surface area contributed by atoms with Crippen LogP contribution < -0.4 is 10.9 Å². The number of nitrogens with one attached hydrogen (secondary N) is 1. The standard InChI is InChI=1S/C11H12BrN3O/c1-13-5-6-15-7-14-9-4-2-3-8(12)10(9)11(15)16/h2-4,7,13H,5-6H2,1H3. The van der Waals surface area contributed by atoms with Crippen LogP contribution in [0.4, 0.5) is 0 Å². The summed E-state index contributed by atoms with van der Waals surface area (Å²) in [7, 11) is 1.86. The molecule has 1 N–H and O–H groups in total. The van der Waals surface area contributed by atoms with E-state index in [1.165, 1.54) is 0 Å². The fraction of sp³-hybridized carbons (Fsp3) is 0.273. The Morgan fingerprint density at radius 2 is 2.31 bits per heavy atom. The van der Waals surface area contributed by atoms with E-state index in [-0.39, 0.29) is 5.56 Å². The van der Waals surface area contributed by atoms with Crippen LogP contribution in [0.15, 0.2) is 33.8 Å². The predicted octanol–water partition coefficient (Wildman–Crippen LogP) is 1.38. The molecule has 0 fully saturated rings. The molecule has 5 heteroatoms. The molecule has 84 valence electrons. The highest BCUT2D eigenvalue weighted by atomic mass is 79.9. The molecule has 4 nitrogen and oxygen atoms in total. The molecular formula is C11H12BrN3O. The lowest BCUT2D eigenvalue weighted by molar-refractivity contribution is 0.621. The van der Waals surface area contributed by atoms with Crippen LogP contribution in [0.5, 0.6) is 0 Å². The SMILES string of the molecule is CNCCn1cnc2cccc(Br)c2c1=O. The normalized spacial score (nSPS) is 10.9. The maximum Gasteiger partial charge on any atom is 0.262 e. The molecule has 0 unspecified atom stereocenters. The third-order valence-electron chi connectivity index (χ3n) is 2.41. The zero-order valence-corrected chi connectivity index (χ0v) is 10.5. The smallest absolute Gasteiger partial charge is 0.262 e. The molecule has 0 saturated carbocycles. The minimum absolute atomic E-state index is 0.00674. The summed E-state index contributed by atoms with van der Waals surface area (Å²) in [4.78, 5) is 16.4. The van der Waals surface area contributed by atoms with Gasteiger partial charge in [0.25, 0.3) is 5.56 Å². The monoisotopic (exact) mass is 281 g/mol. The molecule has 0 atom stereocenters. The number of aromatic nitrogens is 2. The zero-order valence-electron chi connectivity index (χ0n) is 8.90. The number of hydrogen-bond donors (Lipinski definition) is 1. The van der Waals surface area contributed by atoms with E-state index in [4.69, 9.17) is 0 Å². The highest BCUT2D eigenvalue weighted by Crippen LogP contribution is 2.18. The van der Waals surface area contributed by atoms with Crippen LogP contribution in [0.2, 0.25) is 0 Å². The van der Waals surface area contributed by atoms with Crippen LogP contribution in [0, 0.1) is 0 Å². The summed E-state index contributed by atoms with van der Waals surface area (Å²) in [5, 5.41) is 3.65. The van der Waals surface area contributed by atoms with Gasteiger partial charge < -0.3 is 5.32 Å². The van der Waals surface area contributed by atoms with Gasteiger partial charge in [-0.05, 0) is 35.1 Å². The van der Waals surface area contributed by atoms with Gasteiger partial charge in [-0.15, -0.1) is 0 Å². The Morgan fingerprint density at radius 1 is 1.50 bits per heavy atom. The Hall–Kier alpha value is -1.20. The van der Waals surface area contributed by atoms with E-state index >= 15 is 0 Å².